The highest BCUT2D eigenvalue weighted by atomic mass is 16.3. The van der Waals surface area contributed by atoms with E-state index in [0.717, 1.165) is 42.9 Å². The van der Waals surface area contributed by atoms with E-state index >= 15 is 0 Å². The highest BCUT2D eigenvalue weighted by Gasteiger charge is 2.60. The van der Waals surface area contributed by atoms with E-state index in [9.17, 15) is 10.2 Å². The molecule has 2 nitrogen and oxygen atoms in total. The fourth-order valence-electron chi connectivity index (χ4n) is 8.07. The monoisotopic (exact) mass is 344 g/mol. The number of rotatable bonds is 2. The maximum Gasteiger partial charge on any atom is 0.0827 e. The Labute approximate surface area is 153 Å². The summed E-state index contributed by atoms with van der Waals surface area (Å²) >= 11 is 0. The molecule has 4 saturated carbocycles. The van der Waals surface area contributed by atoms with Crippen molar-refractivity contribution in [3.8, 4) is 0 Å². The first-order chi connectivity index (χ1) is 11.9. The first kappa shape index (κ1) is 17.8. The van der Waals surface area contributed by atoms with E-state index in [1.165, 1.54) is 38.5 Å². The molecule has 0 radical (unpaired) electrons. The van der Waals surface area contributed by atoms with Gasteiger partial charge >= 0.3 is 0 Å². The van der Waals surface area contributed by atoms with Crippen LogP contribution in [0.2, 0.25) is 0 Å². The van der Waals surface area contributed by atoms with Gasteiger partial charge in [-0.05, 0) is 104 Å². The van der Waals surface area contributed by atoms with Gasteiger partial charge in [-0.3, -0.25) is 0 Å². The van der Waals surface area contributed by atoms with Crippen LogP contribution < -0.4 is 0 Å². The average Bonchev–Trinajstić information content (AvgIpc) is 2.93. The molecule has 9 atom stereocenters. The zero-order valence-electron chi connectivity index (χ0n) is 16.1. The first-order valence-electron chi connectivity index (χ1n) is 10.6. The van der Waals surface area contributed by atoms with E-state index in [-0.39, 0.29) is 17.6 Å². The second-order valence-electron chi connectivity index (χ2n) is 10.2. The lowest BCUT2D eigenvalue weighted by atomic mass is 9.44. The molecule has 4 aliphatic rings. The smallest absolute Gasteiger partial charge is 0.0827 e. The van der Waals surface area contributed by atoms with Crippen LogP contribution in [-0.4, -0.2) is 22.4 Å². The van der Waals surface area contributed by atoms with Crippen molar-refractivity contribution in [1.29, 1.82) is 0 Å². The molecule has 0 aromatic rings. The van der Waals surface area contributed by atoms with Crippen molar-refractivity contribution in [2.45, 2.75) is 83.8 Å². The van der Waals surface area contributed by atoms with Gasteiger partial charge in [-0.2, -0.15) is 0 Å². The molecule has 0 aromatic heterocycles. The summed E-state index contributed by atoms with van der Waals surface area (Å²) in [4.78, 5) is 0. The van der Waals surface area contributed by atoms with E-state index in [0.29, 0.717) is 11.3 Å². The number of fused-ring (bicyclic) bond motifs is 5. The molecule has 140 valence electrons. The summed E-state index contributed by atoms with van der Waals surface area (Å²) in [6.07, 6.45) is 12.3. The summed E-state index contributed by atoms with van der Waals surface area (Å²) in [5.74, 6) is 3.55. The number of hydrogen-bond acceptors (Lipinski definition) is 2. The third-order valence-corrected chi connectivity index (χ3v) is 9.41. The minimum Gasteiger partial charge on any atom is -0.393 e. The lowest BCUT2D eigenvalue weighted by molar-refractivity contribution is -0.131. The third kappa shape index (κ3) is 2.59. The second-order valence-corrected chi connectivity index (χ2v) is 10.2. The summed E-state index contributed by atoms with van der Waals surface area (Å²) in [5, 5.41) is 20.8. The lowest BCUT2D eigenvalue weighted by Crippen LogP contribution is -2.54. The molecular weight excluding hydrogens is 308 g/mol. The molecule has 0 bridgehead atoms. The van der Waals surface area contributed by atoms with Crippen LogP contribution in [0.1, 0.15) is 71.6 Å². The van der Waals surface area contributed by atoms with Crippen LogP contribution >= 0.6 is 0 Å². The topological polar surface area (TPSA) is 40.5 Å². The summed E-state index contributed by atoms with van der Waals surface area (Å²) in [6.45, 7) is 8.67. The van der Waals surface area contributed by atoms with Gasteiger partial charge in [-0.15, -0.1) is 5.73 Å². The van der Waals surface area contributed by atoms with Crippen LogP contribution in [0.25, 0.3) is 0 Å². The fraction of sp³-hybridized carbons (Fsp3) is 0.870. The summed E-state index contributed by atoms with van der Waals surface area (Å²) < 4.78 is 0. The van der Waals surface area contributed by atoms with Gasteiger partial charge in [-0.1, -0.05) is 20.4 Å². The van der Waals surface area contributed by atoms with Crippen molar-refractivity contribution >= 4 is 0 Å². The normalized spacial score (nSPS) is 53.1. The molecular formula is C23H36O2. The fourth-order valence-corrected chi connectivity index (χ4v) is 8.07. The van der Waals surface area contributed by atoms with Gasteiger partial charge in [0.05, 0.1) is 12.2 Å². The highest BCUT2D eigenvalue weighted by molar-refractivity contribution is 5.11. The summed E-state index contributed by atoms with van der Waals surface area (Å²) in [5.41, 5.74) is 3.54. The predicted molar refractivity (Wildman–Crippen MR) is 101 cm³/mol. The van der Waals surface area contributed by atoms with E-state index in [1.807, 2.05) is 0 Å². The quantitative estimate of drug-likeness (QED) is 0.712. The molecule has 2 N–H and O–H groups in total. The Kier molecular flexibility index (Phi) is 4.46. The van der Waals surface area contributed by atoms with E-state index < -0.39 is 0 Å². The zero-order chi connectivity index (χ0) is 17.8. The SMILES string of the molecule is C=C=C[C@H](O)[C@H]1CCC2C3CC[C@H]4C[C@H](O)CC[C@]4(C)C3CC[C@@]21C. The maximum atomic E-state index is 10.6. The third-order valence-electron chi connectivity index (χ3n) is 9.41. The van der Waals surface area contributed by atoms with Crippen LogP contribution in [0.3, 0.4) is 0 Å². The Balaban J connectivity index is 1.59. The Hall–Kier alpha value is -0.560. The minimum atomic E-state index is -0.374. The van der Waals surface area contributed by atoms with Gasteiger partial charge in [0.2, 0.25) is 0 Å². The second kappa shape index (κ2) is 6.25. The van der Waals surface area contributed by atoms with Crippen molar-refractivity contribution in [3.63, 3.8) is 0 Å². The predicted octanol–water partition coefficient (Wildman–Crippen LogP) is 4.71. The molecule has 0 saturated heterocycles. The highest BCUT2D eigenvalue weighted by Crippen LogP contribution is 2.67. The molecule has 0 amide bonds. The molecule has 0 heterocycles. The minimum absolute atomic E-state index is 0.0554. The molecule has 4 fully saturated rings. The first-order valence-corrected chi connectivity index (χ1v) is 10.6. The van der Waals surface area contributed by atoms with Crippen molar-refractivity contribution in [3.05, 3.63) is 18.4 Å². The van der Waals surface area contributed by atoms with E-state index in [4.69, 9.17) is 0 Å². The Bertz CT molecular complexity index is 564. The molecule has 25 heavy (non-hydrogen) atoms. The average molecular weight is 345 g/mol. The van der Waals surface area contributed by atoms with Gasteiger partial charge < -0.3 is 10.2 Å². The van der Waals surface area contributed by atoms with Crippen molar-refractivity contribution < 1.29 is 10.2 Å². The Morgan fingerprint density at radius 3 is 2.48 bits per heavy atom. The van der Waals surface area contributed by atoms with Crippen LogP contribution in [0, 0.1) is 40.4 Å². The molecule has 0 aliphatic heterocycles. The Morgan fingerprint density at radius 1 is 1.00 bits per heavy atom. The van der Waals surface area contributed by atoms with Crippen LogP contribution in [0.15, 0.2) is 18.4 Å². The van der Waals surface area contributed by atoms with E-state index in [2.05, 4.69) is 26.2 Å². The number of hydrogen-bond donors (Lipinski definition) is 2. The maximum absolute atomic E-state index is 10.6. The van der Waals surface area contributed by atoms with Crippen LogP contribution in [0.5, 0.6) is 0 Å². The molecule has 0 spiro atoms. The molecule has 4 aliphatic carbocycles. The largest absolute Gasteiger partial charge is 0.393 e. The van der Waals surface area contributed by atoms with Gasteiger partial charge in [0.1, 0.15) is 0 Å². The van der Waals surface area contributed by atoms with Gasteiger partial charge in [0.15, 0.2) is 0 Å². The summed E-state index contributed by atoms with van der Waals surface area (Å²) in [7, 11) is 0. The van der Waals surface area contributed by atoms with Crippen molar-refractivity contribution in [2.75, 3.05) is 0 Å². The van der Waals surface area contributed by atoms with Crippen molar-refractivity contribution in [1.82, 2.24) is 0 Å². The van der Waals surface area contributed by atoms with Gasteiger partial charge in [-0.25, -0.2) is 0 Å². The standard InChI is InChI=1S/C23H36O2/c1-4-5-21(25)20-9-8-18-17-7-6-15-14-16(24)10-12-22(15,2)19(17)11-13-23(18,20)3/h5,15-21,24-25H,1,6-14H2,2-3H3/t15-,16+,17?,18?,19?,20+,21-,22-,23-/m0/s1. The number of aliphatic hydroxyl groups excluding tert-OH is 2. The molecule has 2 heteroatoms. The molecule has 3 unspecified atom stereocenters. The van der Waals surface area contributed by atoms with Gasteiger partial charge in [0.25, 0.3) is 0 Å². The van der Waals surface area contributed by atoms with Crippen LogP contribution in [-0.2, 0) is 0 Å². The summed E-state index contributed by atoms with van der Waals surface area (Å²) in [6, 6.07) is 0. The molecule has 4 rings (SSSR count). The zero-order valence-corrected chi connectivity index (χ0v) is 16.1. The van der Waals surface area contributed by atoms with E-state index in [1.54, 1.807) is 6.08 Å². The van der Waals surface area contributed by atoms with Gasteiger partial charge in [0, 0.05) is 0 Å². The van der Waals surface area contributed by atoms with Crippen LogP contribution in [0.4, 0.5) is 0 Å². The molecule has 0 aromatic carbocycles. The Morgan fingerprint density at radius 2 is 1.72 bits per heavy atom. The van der Waals surface area contributed by atoms with Crippen molar-refractivity contribution in [2.24, 2.45) is 40.4 Å². The number of aliphatic hydroxyl groups is 2. The lowest BCUT2D eigenvalue weighted by Gasteiger charge is -2.61.